The van der Waals surface area contributed by atoms with E-state index < -0.39 is 0 Å². The minimum absolute atomic E-state index is 0. The summed E-state index contributed by atoms with van der Waals surface area (Å²) in [6, 6.07) is 0. The lowest BCUT2D eigenvalue weighted by atomic mass is 9.87. The number of hydrogen-bond donors (Lipinski definition) is 1. The third kappa shape index (κ3) is 5.18. The van der Waals surface area contributed by atoms with E-state index in [1.807, 2.05) is 0 Å². The average Bonchev–Trinajstić information content (AvgIpc) is 2.84. The van der Waals surface area contributed by atoms with Gasteiger partial charge in [-0.25, -0.2) is 0 Å². The molecular formula is C16H34ClN3. The molecule has 2 saturated heterocycles. The van der Waals surface area contributed by atoms with Crippen molar-refractivity contribution in [2.75, 3.05) is 52.4 Å². The number of nitrogens with one attached hydrogen (secondary N) is 1. The number of hydrogen-bond acceptors (Lipinski definition) is 3. The highest BCUT2D eigenvalue weighted by molar-refractivity contribution is 5.85. The molecular weight excluding hydrogens is 270 g/mol. The maximum Gasteiger partial charge on any atom is 0.00480 e. The first kappa shape index (κ1) is 18.2. The third-order valence-electron chi connectivity index (χ3n) is 5.18. The summed E-state index contributed by atoms with van der Waals surface area (Å²) in [4.78, 5) is 5.30. The molecule has 0 aromatic carbocycles. The molecule has 0 aromatic heterocycles. The van der Waals surface area contributed by atoms with Crippen LogP contribution in [0.3, 0.4) is 0 Å². The SMILES string of the molecule is CCN(CC)CC1CCN(CC2(C)CCNC2)CC1.Cl. The van der Waals surface area contributed by atoms with Crippen molar-refractivity contribution in [1.29, 1.82) is 0 Å². The Morgan fingerprint density at radius 3 is 2.35 bits per heavy atom. The molecule has 0 amide bonds. The van der Waals surface area contributed by atoms with Crippen LogP contribution in [0.25, 0.3) is 0 Å². The standard InChI is InChI=1S/C16H33N3.ClH/c1-4-18(5-2)12-15-6-10-19(11-7-15)14-16(3)8-9-17-13-16;/h15,17H,4-14H2,1-3H3;1H. The summed E-state index contributed by atoms with van der Waals surface area (Å²) in [6.45, 7) is 17.1. The molecule has 3 nitrogen and oxygen atoms in total. The van der Waals surface area contributed by atoms with E-state index in [9.17, 15) is 0 Å². The normalized spacial score (nSPS) is 28.8. The van der Waals surface area contributed by atoms with Crippen molar-refractivity contribution in [3.05, 3.63) is 0 Å². The predicted molar refractivity (Wildman–Crippen MR) is 89.8 cm³/mol. The Kier molecular flexibility index (Phi) is 7.81. The van der Waals surface area contributed by atoms with E-state index in [2.05, 4.69) is 35.9 Å². The highest BCUT2D eigenvalue weighted by Crippen LogP contribution is 2.28. The molecule has 2 fully saturated rings. The van der Waals surface area contributed by atoms with Crippen LogP contribution >= 0.6 is 12.4 Å². The molecule has 0 aliphatic carbocycles. The van der Waals surface area contributed by atoms with Crippen LogP contribution in [-0.4, -0.2) is 62.2 Å². The molecule has 120 valence electrons. The lowest BCUT2D eigenvalue weighted by Gasteiger charge is -2.38. The van der Waals surface area contributed by atoms with Gasteiger partial charge in [0, 0.05) is 19.6 Å². The number of piperidine rings is 1. The zero-order valence-corrected chi connectivity index (χ0v) is 14.5. The molecule has 0 saturated carbocycles. The maximum absolute atomic E-state index is 3.52. The maximum atomic E-state index is 3.52. The zero-order valence-electron chi connectivity index (χ0n) is 13.7. The van der Waals surface area contributed by atoms with Gasteiger partial charge < -0.3 is 15.1 Å². The van der Waals surface area contributed by atoms with Crippen LogP contribution in [0.4, 0.5) is 0 Å². The van der Waals surface area contributed by atoms with E-state index in [1.54, 1.807) is 0 Å². The highest BCUT2D eigenvalue weighted by Gasteiger charge is 2.32. The molecule has 0 bridgehead atoms. The summed E-state index contributed by atoms with van der Waals surface area (Å²) in [6.07, 6.45) is 4.16. The summed E-state index contributed by atoms with van der Waals surface area (Å²) in [5, 5.41) is 3.52. The van der Waals surface area contributed by atoms with Gasteiger partial charge in [0.05, 0.1) is 0 Å². The van der Waals surface area contributed by atoms with Crippen molar-refractivity contribution < 1.29 is 0 Å². The van der Waals surface area contributed by atoms with Crippen molar-refractivity contribution in [3.8, 4) is 0 Å². The van der Waals surface area contributed by atoms with Gasteiger partial charge >= 0.3 is 0 Å². The first-order chi connectivity index (χ1) is 9.15. The van der Waals surface area contributed by atoms with E-state index in [0.717, 1.165) is 5.92 Å². The Balaban J connectivity index is 0.00000200. The smallest absolute Gasteiger partial charge is 0.00480 e. The van der Waals surface area contributed by atoms with Crippen molar-refractivity contribution in [1.82, 2.24) is 15.1 Å². The molecule has 1 N–H and O–H groups in total. The molecule has 2 aliphatic heterocycles. The van der Waals surface area contributed by atoms with Crippen LogP contribution < -0.4 is 5.32 Å². The Morgan fingerprint density at radius 2 is 1.85 bits per heavy atom. The minimum Gasteiger partial charge on any atom is -0.316 e. The van der Waals surface area contributed by atoms with Gasteiger partial charge in [-0.05, 0) is 63.3 Å². The van der Waals surface area contributed by atoms with E-state index in [1.165, 1.54) is 71.6 Å². The van der Waals surface area contributed by atoms with Crippen LogP contribution in [0.2, 0.25) is 0 Å². The minimum atomic E-state index is 0. The van der Waals surface area contributed by atoms with Gasteiger partial charge in [-0.3, -0.25) is 0 Å². The monoisotopic (exact) mass is 303 g/mol. The van der Waals surface area contributed by atoms with Crippen molar-refractivity contribution in [3.63, 3.8) is 0 Å². The Morgan fingerprint density at radius 1 is 1.20 bits per heavy atom. The molecule has 2 rings (SSSR count). The molecule has 0 aromatic rings. The topological polar surface area (TPSA) is 18.5 Å². The highest BCUT2D eigenvalue weighted by atomic mass is 35.5. The van der Waals surface area contributed by atoms with Gasteiger partial charge in [-0.2, -0.15) is 0 Å². The van der Waals surface area contributed by atoms with Crippen LogP contribution in [0, 0.1) is 11.3 Å². The molecule has 1 unspecified atom stereocenters. The van der Waals surface area contributed by atoms with Gasteiger partial charge in [0.25, 0.3) is 0 Å². The summed E-state index contributed by atoms with van der Waals surface area (Å²) in [5.41, 5.74) is 0.533. The molecule has 0 radical (unpaired) electrons. The first-order valence-corrected chi connectivity index (χ1v) is 8.30. The summed E-state index contributed by atoms with van der Waals surface area (Å²) in [7, 11) is 0. The number of rotatable bonds is 6. The van der Waals surface area contributed by atoms with Gasteiger partial charge in [-0.1, -0.05) is 20.8 Å². The Hall–Kier alpha value is 0.170. The lowest BCUT2D eigenvalue weighted by Crippen LogP contribution is -2.43. The predicted octanol–water partition coefficient (Wildman–Crippen LogP) is 2.46. The van der Waals surface area contributed by atoms with Crippen LogP contribution in [-0.2, 0) is 0 Å². The number of nitrogens with zero attached hydrogens (tertiary/aromatic N) is 2. The molecule has 2 aliphatic rings. The number of halogens is 1. The molecule has 4 heteroatoms. The van der Waals surface area contributed by atoms with E-state index in [-0.39, 0.29) is 12.4 Å². The summed E-state index contributed by atoms with van der Waals surface area (Å²) < 4.78 is 0. The van der Waals surface area contributed by atoms with E-state index >= 15 is 0 Å². The lowest BCUT2D eigenvalue weighted by molar-refractivity contribution is 0.111. The van der Waals surface area contributed by atoms with Gasteiger partial charge in [0.1, 0.15) is 0 Å². The molecule has 1 atom stereocenters. The fourth-order valence-electron chi connectivity index (χ4n) is 3.72. The fraction of sp³-hybridized carbons (Fsp3) is 1.00. The second kappa shape index (κ2) is 8.57. The first-order valence-electron chi connectivity index (χ1n) is 8.30. The molecule has 2 heterocycles. The van der Waals surface area contributed by atoms with Crippen molar-refractivity contribution in [2.24, 2.45) is 11.3 Å². The van der Waals surface area contributed by atoms with Crippen molar-refractivity contribution in [2.45, 2.75) is 40.0 Å². The Bertz CT molecular complexity index is 254. The van der Waals surface area contributed by atoms with E-state index in [4.69, 9.17) is 0 Å². The Labute approximate surface area is 131 Å². The average molecular weight is 304 g/mol. The quantitative estimate of drug-likeness (QED) is 0.813. The molecule has 0 spiro atoms. The van der Waals surface area contributed by atoms with Gasteiger partial charge in [0.15, 0.2) is 0 Å². The molecule has 20 heavy (non-hydrogen) atoms. The second-order valence-corrected chi connectivity index (χ2v) is 6.94. The fourth-order valence-corrected chi connectivity index (χ4v) is 3.72. The second-order valence-electron chi connectivity index (χ2n) is 6.94. The van der Waals surface area contributed by atoms with Crippen LogP contribution in [0.15, 0.2) is 0 Å². The van der Waals surface area contributed by atoms with Crippen LogP contribution in [0.5, 0.6) is 0 Å². The van der Waals surface area contributed by atoms with Crippen molar-refractivity contribution >= 4 is 12.4 Å². The summed E-state index contributed by atoms with van der Waals surface area (Å²) >= 11 is 0. The van der Waals surface area contributed by atoms with Gasteiger partial charge in [-0.15, -0.1) is 12.4 Å². The number of likely N-dealkylation sites (tertiary alicyclic amines) is 1. The van der Waals surface area contributed by atoms with Crippen LogP contribution in [0.1, 0.15) is 40.0 Å². The van der Waals surface area contributed by atoms with E-state index in [0.29, 0.717) is 5.41 Å². The van der Waals surface area contributed by atoms with Gasteiger partial charge in [0.2, 0.25) is 0 Å². The summed E-state index contributed by atoms with van der Waals surface area (Å²) in [5.74, 6) is 0.936. The third-order valence-corrected chi connectivity index (χ3v) is 5.18. The zero-order chi connectivity index (χ0) is 13.7. The largest absolute Gasteiger partial charge is 0.316 e.